The third-order valence-electron chi connectivity index (χ3n) is 4.05. The summed E-state index contributed by atoms with van der Waals surface area (Å²) in [5.74, 6) is 0.193. The molecule has 0 saturated heterocycles. The molecule has 0 fully saturated rings. The van der Waals surface area contributed by atoms with Crippen molar-refractivity contribution >= 4 is 12.2 Å². The van der Waals surface area contributed by atoms with E-state index in [1.807, 2.05) is 0 Å². The van der Waals surface area contributed by atoms with E-state index in [9.17, 15) is 9.59 Å². The van der Waals surface area contributed by atoms with E-state index in [1.54, 1.807) is 0 Å². The third kappa shape index (κ3) is 17.7. The van der Waals surface area contributed by atoms with E-state index in [1.165, 1.54) is 0 Å². The lowest BCUT2D eigenvalue weighted by Crippen LogP contribution is -2.33. The van der Waals surface area contributed by atoms with Crippen LogP contribution in [0, 0.1) is 5.92 Å². The molecule has 1 atom stereocenters. The van der Waals surface area contributed by atoms with Crippen LogP contribution in [0.5, 0.6) is 0 Å². The maximum absolute atomic E-state index is 11.7. The Hall–Kier alpha value is -1.50. The standard InChI is InChI=1S/C20H40N2O5/c1-4-7-13-25-17-18(16-22-20(24)27-15-9-6-3)11-10-12-21-19(23)26-14-8-5-2/h18H,4-17H2,1-3H3,(H,21,23)(H,22,24). The van der Waals surface area contributed by atoms with Crippen LogP contribution >= 0.6 is 0 Å². The Morgan fingerprint density at radius 3 is 1.93 bits per heavy atom. The second-order valence-electron chi connectivity index (χ2n) is 6.72. The van der Waals surface area contributed by atoms with Gasteiger partial charge in [-0.1, -0.05) is 40.0 Å². The van der Waals surface area contributed by atoms with E-state index in [4.69, 9.17) is 14.2 Å². The summed E-state index contributed by atoms with van der Waals surface area (Å²) in [4.78, 5) is 23.2. The first kappa shape index (κ1) is 25.5. The van der Waals surface area contributed by atoms with Gasteiger partial charge in [0.25, 0.3) is 0 Å². The van der Waals surface area contributed by atoms with Crippen molar-refractivity contribution < 1.29 is 23.8 Å². The predicted molar refractivity (Wildman–Crippen MR) is 107 cm³/mol. The summed E-state index contributed by atoms with van der Waals surface area (Å²) >= 11 is 0. The highest BCUT2D eigenvalue weighted by Crippen LogP contribution is 2.07. The molecule has 2 amide bonds. The highest BCUT2D eigenvalue weighted by Gasteiger charge is 2.12. The van der Waals surface area contributed by atoms with Crippen molar-refractivity contribution in [1.29, 1.82) is 0 Å². The van der Waals surface area contributed by atoms with Gasteiger partial charge in [0.1, 0.15) is 0 Å². The summed E-state index contributed by atoms with van der Waals surface area (Å²) in [6.45, 7) is 9.53. The molecule has 0 spiro atoms. The number of ether oxygens (including phenoxy) is 3. The number of amides is 2. The molecule has 0 aliphatic heterocycles. The van der Waals surface area contributed by atoms with Gasteiger partial charge in [0, 0.05) is 19.7 Å². The Bertz CT molecular complexity index is 366. The van der Waals surface area contributed by atoms with Gasteiger partial charge in [-0.15, -0.1) is 0 Å². The summed E-state index contributed by atoms with van der Waals surface area (Å²) in [6.07, 6.45) is 6.78. The number of carbonyl (C=O) groups excluding carboxylic acids is 2. The van der Waals surface area contributed by atoms with E-state index in [0.717, 1.165) is 58.0 Å². The second kappa shape index (κ2) is 19.3. The zero-order chi connectivity index (χ0) is 20.2. The largest absolute Gasteiger partial charge is 0.450 e. The number of hydrogen-bond donors (Lipinski definition) is 2. The lowest BCUT2D eigenvalue weighted by atomic mass is 10.0. The first-order chi connectivity index (χ1) is 13.1. The molecule has 0 heterocycles. The lowest BCUT2D eigenvalue weighted by Gasteiger charge is -2.18. The lowest BCUT2D eigenvalue weighted by molar-refractivity contribution is 0.0901. The van der Waals surface area contributed by atoms with Crippen LogP contribution in [0.4, 0.5) is 9.59 Å². The molecule has 7 nitrogen and oxygen atoms in total. The molecule has 2 N–H and O–H groups in total. The van der Waals surface area contributed by atoms with Crippen molar-refractivity contribution in [3.05, 3.63) is 0 Å². The Morgan fingerprint density at radius 1 is 0.778 bits per heavy atom. The minimum absolute atomic E-state index is 0.193. The Labute approximate surface area is 164 Å². The smallest absolute Gasteiger partial charge is 0.407 e. The van der Waals surface area contributed by atoms with Crippen LogP contribution in [0.25, 0.3) is 0 Å². The molecule has 7 heteroatoms. The van der Waals surface area contributed by atoms with Crippen LogP contribution in [0.15, 0.2) is 0 Å². The van der Waals surface area contributed by atoms with Crippen molar-refractivity contribution in [2.75, 3.05) is 39.5 Å². The average Bonchev–Trinajstić information content (AvgIpc) is 2.66. The van der Waals surface area contributed by atoms with E-state index < -0.39 is 0 Å². The fourth-order valence-electron chi connectivity index (χ4n) is 2.27. The van der Waals surface area contributed by atoms with Crippen molar-refractivity contribution in [2.24, 2.45) is 5.92 Å². The quantitative estimate of drug-likeness (QED) is 0.364. The van der Waals surface area contributed by atoms with Crippen molar-refractivity contribution in [3.63, 3.8) is 0 Å². The molecular formula is C20H40N2O5. The Balaban J connectivity index is 4.03. The molecule has 0 rings (SSSR count). The molecule has 160 valence electrons. The zero-order valence-corrected chi connectivity index (χ0v) is 17.5. The van der Waals surface area contributed by atoms with Gasteiger partial charge in [-0.25, -0.2) is 9.59 Å². The molecule has 0 aromatic rings. The van der Waals surface area contributed by atoms with Crippen LogP contribution in [0.1, 0.15) is 72.1 Å². The number of hydrogen-bond acceptors (Lipinski definition) is 5. The highest BCUT2D eigenvalue weighted by molar-refractivity contribution is 5.67. The van der Waals surface area contributed by atoms with Gasteiger partial charge < -0.3 is 24.8 Å². The van der Waals surface area contributed by atoms with Crippen LogP contribution in [0.2, 0.25) is 0 Å². The van der Waals surface area contributed by atoms with Gasteiger partial charge in [-0.3, -0.25) is 0 Å². The fourth-order valence-corrected chi connectivity index (χ4v) is 2.27. The maximum Gasteiger partial charge on any atom is 0.407 e. The molecule has 0 aromatic carbocycles. The first-order valence-corrected chi connectivity index (χ1v) is 10.5. The SMILES string of the molecule is CCCCOCC(CCCNC(=O)OCCCC)CNC(=O)OCCCC. The second-order valence-corrected chi connectivity index (χ2v) is 6.72. The Morgan fingerprint density at radius 2 is 1.33 bits per heavy atom. The number of unbranched alkanes of at least 4 members (excludes halogenated alkanes) is 3. The average molecular weight is 389 g/mol. The number of alkyl carbamates (subject to hydrolysis) is 2. The summed E-state index contributed by atoms with van der Waals surface area (Å²) in [6, 6.07) is 0. The van der Waals surface area contributed by atoms with Crippen LogP contribution < -0.4 is 10.6 Å². The minimum atomic E-state index is -0.375. The van der Waals surface area contributed by atoms with Crippen molar-refractivity contribution in [3.8, 4) is 0 Å². The van der Waals surface area contributed by atoms with Gasteiger partial charge in [0.2, 0.25) is 0 Å². The van der Waals surface area contributed by atoms with E-state index in [0.29, 0.717) is 32.9 Å². The van der Waals surface area contributed by atoms with E-state index in [2.05, 4.69) is 31.4 Å². The van der Waals surface area contributed by atoms with Crippen LogP contribution in [-0.2, 0) is 14.2 Å². The molecule has 1 unspecified atom stereocenters. The predicted octanol–water partition coefficient (Wildman–Crippen LogP) is 4.25. The van der Waals surface area contributed by atoms with Gasteiger partial charge in [-0.05, 0) is 38.0 Å². The molecule has 0 aromatic heterocycles. The van der Waals surface area contributed by atoms with Gasteiger partial charge in [-0.2, -0.15) is 0 Å². The monoisotopic (exact) mass is 388 g/mol. The zero-order valence-electron chi connectivity index (χ0n) is 17.5. The summed E-state index contributed by atoms with van der Waals surface area (Å²) in [7, 11) is 0. The molecule has 0 aliphatic carbocycles. The number of nitrogens with one attached hydrogen (secondary N) is 2. The van der Waals surface area contributed by atoms with Gasteiger partial charge in [0.05, 0.1) is 19.8 Å². The van der Waals surface area contributed by atoms with Crippen molar-refractivity contribution in [1.82, 2.24) is 10.6 Å². The molecule has 0 aliphatic rings. The van der Waals surface area contributed by atoms with E-state index in [-0.39, 0.29) is 18.1 Å². The fraction of sp³-hybridized carbons (Fsp3) is 0.900. The van der Waals surface area contributed by atoms with Crippen molar-refractivity contribution in [2.45, 2.75) is 72.1 Å². The topological polar surface area (TPSA) is 85.9 Å². The first-order valence-electron chi connectivity index (χ1n) is 10.5. The minimum Gasteiger partial charge on any atom is -0.450 e. The normalized spacial score (nSPS) is 11.7. The highest BCUT2D eigenvalue weighted by atomic mass is 16.6. The van der Waals surface area contributed by atoms with E-state index >= 15 is 0 Å². The number of carbonyl (C=O) groups is 2. The van der Waals surface area contributed by atoms with Gasteiger partial charge in [0.15, 0.2) is 0 Å². The Kier molecular flexibility index (Phi) is 18.2. The molecule has 27 heavy (non-hydrogen) atoms. The number of rotatable bonds is 17. The van der Waals surface area contributed by atoms with Gasteiger partial charge >= 0.3 is 12.2 Å². The maximum atomic E-state index is 11.7. The third-order valence-corrected chi connectivity index (χ3v) is 4.05. The van der Waals surface area contributed by atoms with Crippen LogP contribution in [-0.4, -0.2) is 51.7 Å². The molecule has 0 radical (unpaired) electrons. The van der Waals surface area contributed by atoms with Crippen LogP contribution in [0.3, 0.4) is 0 Å². The summed E-state index contributed by atoms with van der Waals surface area (Å²) in [5.41, 5.74) is 0. The summed E-state index contributed by atoms with van der Waals surface area (Å²) < 4.78 is 15.9. The molecule has 0 bridgehead atoms. The molecule has 0 saturated carbocycles. The summed E-state index contributed by atoms with van der Waals surface area (Å²) in [5, 5.41) is 5.57. The molecular weight excluding hydrogens is 348 g/mol.